The lowest BCUT2D eigenvalue weighted by Gasteiger charge is -2.37. The molecule has 4 rings (SSSR count). The van der Waals surface area contributed by atoms with Crippen molar-refractivity contribution in [2.75, 3.05) is 20.6 Å². The van der Waals surface area contributed by atoms with Gasteiger partial charge in [0.05, 0.1) is 0 Å². The zero-order valence-corrected chi connectivity index (χ0v) is 14.0. The van der Waals surface area contributed by atoms with Gasteiger partial charge >= 0.3 is 0 Å². The van der Waals surface area contributed by atoms with Crippen LogP contribution in [0.1, 0.15) is 30.6 Å². The first-order valence-electron chi connectivity index (χ1n) is 8.11. The van der Waals surface area contributed by atoms with E-state index in [1.165, 1.54) is 40.8 Å². The number of rotatable bonds is 3. The monoisotopic (exact) mass is 315 g/mol. The van der Waals surface area contributed by atoms with Gasteiger partial charge in [-0.25, -0.2) is 4.39 Å². The van der Waals surface area contributed by atoms with Crippen LogP contribution in [0, 0.1) is 17.2 Å². The molecule has 116 valence electrons. The summed E-state index contributed by atoms with van der Waals surface area (Å²) in [5.74, 6) is 0.730. The van der Waals surface area contributed by atoms with E-state index in [-0.39, 0.29) is 5.82 Å². The zero-order chi connectivity index (χ0) is 15.3. The highest BCUT2D eigenvalue weighted by molar-refractivity contribution is 7.20. The zero-order valence-electron chi connectivity index (χ0n) is 13.2. The van der Waals surface area contributed by atoms with Crippen molar-refractivity contribution in [3.63, 3.8) is 0 Å². The van der Waals surface area contributed by atoms with Gasteiger partial charge in [0.25, 0.3) is 0 Å². The molecule has 2 atom stereocenters. The van der Waals surface area contributed by atoms with Crippen molar-refractivity contribution in [3.05, 3.63) is 41.0 Å². The largest absolute Gasteiger partial charge is 0.309 e. The Balaban J connectivity index is 1.79. The molecule has 1 heterocycles. The number of nitrogens with zero attached hydrogens (tertiary/aromatic N) is 1. The van der Waals surface area contributed by atoms with Crippen molar-refractivity contribution >= 4 is 27.0 Å². The van der Waals surface area contributed by atoms with E-state index in [2.05, 4.69) is 31.1 Å². The Bertz CT molecular complexity index is 745. The second-order valence-corrected chi connectivity index (χ2v) is 8.36. The predicted molar refractivity (Wildman–Crippen MR) is 92.7 cm³/mol. The summed E-state index contributed by atoms with van der Waals surface area (Å²) in [5, 5.41) is 1.04. The van der Waals surface area contributed by atoms with Crippen LogP contribution in [-0.2, 0) is 0 Å². The van der Waals surface area contributed by atoms with Gasteiger partial charge in [-0.05, 0) is 80.9 Å². The lowest BCUT2D eigenvalue weighted by atomic mass is 9.73. The predicted octanol–water partition coefficient (Wildman–Crippen LogP) is 5.18. The van der Waals surface area contributed by atoms with E-state index in [0.29, 0.717) is 5.41 Å². The minimum atomic E-state index is -0.140. The van der Waals surface area contributed by atoms with Crippen molar-refractivity contribution < 1.29 is 4.39 Å². The van der Waals surface area contributed by atoms with Gasteiger partial charge in [0.15, 0.2) is 0 Å². The third-order valence-electron chi connectivity index (χ3n) is 5.30. The molecule has 0 aliphatic heterocycles. The minimum absolute atomic E-state index is 0.140. The minimum Gasteiger partial charge on any atom is -0.309 e. The quantitative estimate of drug-likeness (QED) is 0.755. The summed E-state index contributed by atoms with van der Waals surface area (Å²) in [7, 11) is 4.35. The smallest absolute Gasteiger partial charge is 0.123 e. The second-order valence-electron chi connectivity index (χ2n) is 7.27. The SMILES string of the molecule is CN(C)CC12CCC(CC=C1c1cc3cc(F)ccc3s1)C2. The molecule has 2 aliphatic carbocycles. The average molecular weight is 315 g/mol. The number of hydrogen-bond donors (Lipinski definition) is 0. The number of allylic oxidation sites excluding steroid dienone is 1. The Morgan fingerprint density at radius 3 is 3.00 bits per heavy atom. The summed E-state index contributed by atoms with van der Waals surface area (Å²) >= 11 is 1.82. The Labute approximate surface area is 135 Å². The van der Waals surface area contributed by atoms with Crippen molar-refractivity contribution in [1.82, 2.24) is 4.90 Å². The second kappa shape index (κ2) is 5.17. The van der Waals surface area contributed by atoms with E-state index in [9.17, 15) is 4.39 Å². The van der Waals surface area contributed by atoms with Crippen molar-refractivity contribution in [1.29, 1.82) is 0 Å². The van der Waals surface area contributed by atoms with E-state index in [0.717, 1.165) is 17.8 Å². The lowest BCUT2D eigenvalue weighted by Crippen LogP contribution is -2.34. The van der Waals surface area contributed by atoms with Crippen molar-refractivity contribution in [3.8, 4) is 0 Å². The first-order valence-corrected chi connectivity index (χ1v) is 8.92. The molecule has 0 radical (unpaired) electrons. The fourth-order valence-corrected chi connectivity index (χ4v) is 5.73. The number of halogens is 1. The summed E-state index contributed by atoms with van der Waals surface area (Å²) in [6.07, 6.45) is 7.66. The summed E-state index contributed by atoms with van der Waals surface area (Å²) in [6.45, 7) is 1.12. The average Bonchev–Trinajstić information content (AvgIpc) is 3.00. The molecule has 2 aromatic rings. The van der Waals surface area contributed by atoms with Gasteiger partial charge in [-0.15, -0.1) is 11.3 Å². The lowest BCUT2D eigenvalue weighted by molar-refractivity contribution is 0.255. The summed E-state index contributed by atoms with van der Waals surface area (Å²) < 4.78 is 14.7. The molecule has 0 amide bonds. The molecule has 1 aromatic heterocycles. The maximum absolute atomic E-state index is 13.5. The number of hydrogen-bond acceptors (Lipinski definition) is 2. The van der Waals surface area contributed by atoms with E-state index < -0.39 is 0 Å². The van der Waals surface area contributed by atoms with E-state index in [1.807, 2.05) is 17.4 Å². The molecule has 1 nitrogen and oxygen atoms in total. The molecular formula is C19H22FNS. The van der Waals surface area contributed by atoms with E-state index in [4.69, 9.17) is 0 Å². The third-order valence-corrected chi connectivity index (χ3v) is 6.45. The standard InChI is InChI=1S/C19H22FNS/c1-21(2)12-19-8-7-13(11-19)3-5-16(19)18-10-14-9-15(20)4-6-17(14)22-18/h4-6,9-10,13H,3,7-8,11-12H2,1-2H3. The van der Waals surface area contributed by atoms with Gasteiger partial charge in [0, 0.05) is 21.5 Å². The summed E-state index contributed by atoms with van der Waals surface area (Å²) in [6, 6.07) is 7.34. The molecule has 2 unspecified atom stereocenters. The maximum Gasteiger partial charge on any atom is 0.123 e. The topological polar surface area (TPSA) is 3.24 Å². The van der Waals surface area contributed by atoms with Crippen LogP contribution in [0.4, 0.5) is 4.39 Å². The van der Waals surface area contributed by atoms with Gasteiger partial charge in [0.2, 0.25) is 0 Å². The van der Waals surface area contributed by atoms with Gasteiger partial charge in [-0.2, -0.15) is 0 Å². The van der Waals surface area contributed by atoms with E-state index >= 15 is 0 Å². The van der Waals surface area contributed by atoms with Crippen LogP contribution in [0.5, 0.6) is 0 Å². The molecule has 3 heteroatoms. The van der Waals surface area contributed by atoms with Gasteiger partial charge in [-0.1, -0.05) is 6.08 Å². The van der Waals surface area contributed by atoms with Crippen LogP contribution in [0.15, 0.2) is 30.3 Å². The van der Waals surface area contributed by atoms with Crippen LogP contribution >= 0.6 is 11.3 Å². The van der Waals surface area contributed by atoms with Crippen LogP contribution in [0.3, 0.4) is 0 Å². The molecule has 1 saturated carbocycles. The Hall–Kier alpha value is -1.19. The molecular weight excluding hydrogens is 293 g/mol. The van der Waals surface area contributed by atoms with Crippen LogP contribution in [0.25, 0.3) is 15.7 Å². The fourth-order valence-electron chi connectivity index (χ4n) is 4.53. The molecule has 0 spiro atoms. The van der Waals surface area contributed by atoms with Crippen molar-refractivity contribution in [2.45, 2.75) is 25.7 Å². The molecule has 22 heavy (non-hydrogen) atoms. The molecule has 0 N–H and O–H groups in total. The third kappa shape index (κ3) is 2.31. The molecule has 1 fully saturated rings. The molecule has 2 bridgehead atoms. The van der Waals surface area contributed by atoms with Gasteiger partial charge in [-0.3, -0.25) is 0 Å². The van der Waals surface area contributed by atoms with Crippen LogP contribution in [0.2, 0.25) is 0 Å². The first kappa shape index (κ1) is 14.4. The highest BCUT2D eigenvalue weighted by atomic mass is 32.1. The summed E-state index contributed by atoms with van der Waals surface area (Å²) in [5.41, 5.74) is 1.84. The Morgan fingerprint density at radius 2 is 2.18 bits per heavy atom. The number of thiophene rings is 1. The highest BCUT2D eigenvalue weighted by Crippen LogP contribution is 2.56. The highest BCUT2D eigenvalue weighted by Gasteiger charge is 2.45. The molecule has 0 saturated heterocycles. The number of benzene rings is 1. The first-order chi connectivity index (χ1) is 10.6. The van der Waals surface area contributed by atoms with Crippen LogP contribution in [-0.4, -0.2) is 25.5 Å². The van der Waals surface area contributed by atoms with Crippen LogP contribution < -0.4 is 0 Å². The molecule has 1 aromatic carbocycles. The van der Waals surface area contributed by atoms with E-state index in [1.54, 1.807) is 12.1 Å². The normalized spacial score (nSPS) is 27.6. The van der Waals surface area contributed by atoms with Gasteiger partial charge in [0.1, 0.15) is 5.82 Å². The number of fused-ring (bicyclic) bond motifs is 3. The van der Waals surface area contributed by atoms with Gasteiger partial charge < -0.3 is 4.90 Å². The fraction of sp³-hybridized carbons (Fsp3) is 0.474. The Morgan fingerprint density at radius 1 is 1.32 bits per heavy atom. The maximum atomic E-state index is 13.5. The summed E-state index contributed by atoms with van der Waals surface area (Å²) in [4.78, 5) is 3.68. The van der Waals surface area contributed by atoms with Crippen molar-refractivity contribution in [2.24, 2.45) is 11.3 Å². The Kier molecular flexibility index (Phi) is 3.39. The molecule has 2 aliphatic rings.